The van der Waals surface area contributed by atoms with Crippen LogP contribution < -0.4 is 5.43 Å². The van der Waals surface area contributed by atoms with Crippen LogP contribution in [0.1, 0.15) is 19.8 Å². The van der Waals surface area contributed by atoms with Gasteiger partial charge in [-0.25, -0.2) is 4.98 Å². The topological polar surface area (TPSA) is 37.3 Å². The molecule has 0 saturated carbocycles. The van der Waals surface area contributed by atoms with E-state index < -0.39 is 0 Å². The number of hydrazone groups is 1. The molecular formula is C11H10Cl3N3. The van der Waals surface area contributed by atoms with Crippen molar-refractivity contribution in [1.82, 2.24) is 4.98 Å². The summed E-state index contributed by atoms with van der Waals surface area (Å²) in [5.74, 6) is 0.409. The molecule has 0 saturated heterocycles. The normalized spacial score (nSPS) is 17.4. The summed E-state index contributed by atoms with van der Waals surface area (Å²) in [5, 5.41) is 5.14. The first-order valence-corrected chi connectivity index (χ1v) is 6.21. The number of allylic oxidation sites excluding steroid dienone is 2. The van der Waals surface area contributed by atoms with Gasteiger partial charge in [-0.2, -0.15) is 5.10 Å². The van der Waals surface area contributed by atoms with Gasteiger partial charge in [-0.1, -0.05) is 40.4 Å². The number of rotatable bonds is 2. The van der Waals surface area contributed by atoms with Crippen LogP contribution in [0.2, 0.25) is 15.2 Å². The van der Waals surface area contributed by atoms with Crippen LogP contribution in [0.4, 0.5) is 5.82 Å². The first-order valence-electron chi connectivity index (χ1n) is 5.07. The maximum absolute atomic E-state index is 5.96. The molecule has 0 spiro atoms. The number of pyridine rings is 1. The standard InChI is InChI=1S/C11H10Cl3N3/c1-6-2-3-7(4-6)16-17-11-9(13)5-8(12)10(14)15-11/h4-5H,2-3H2,1H3,(H,15,17). The molecule has 1 heterocycles. The molecule has 0 unspecified atom stereocenters. The maximum atomic E-state index is 5.96. The van der Waals surface area contributed by atoms with Crippen LogP contribution in [0.3, 0.4) is 0 Å². The van der Waals surface area contributed by atoms with E-state index in [0.29, 0.717) is 15.9 Å². The lowest BCUT2D eigenvalue weighted by Gasteiger charge is -2.04. The lowest BCUT2D eigenvalue weighted by Crippen LogP contribution is -1.98. The molecule has 1 N–H and O–H groups in total. The first kappa shape index (κ1) is 12.7. The molecule has 17 heavy (non-hydrogen) atoms. The predicted octanol–water partition coefficient (Wildman–Crippen LogP) is 4.55. The highest BCUT2D eigenvalue weighted by molar-refractivity contribution is 6.42. The molecule has 0 fully saturated rings. The third-order valence-electron chi connectivity index (χ3n) is 2.38. The molecule has 1 aromatic rings. The van der Waals surface area contributed by atoms with Crippen molar-refractivity contribution in [2.45, 2.75) is 19.8 Å². The lowest BCUT2D eigenvalue weighted by atomic mass is 10.3. The fraction of sp³-hybridized carbons (Fsp3) is 0.273. The summed E-state index contributed by atoms with van der Waals surface area (Å²) in [4.78, 5) is 4.01. The highest BCUT2D eigenvalue weighted by atomic mass is 35.5. The van der Waals surface area contributed by atoms with Crippen LogP contribution in [-0.2, 0) is 0 Å². The summed E-state index contributed by atoms with van der Waals surface area (Å²) >= 11 is 17.5. The van der Waals surface area contributed by atoms with Crippen molar-refractivity contribution < 1.29 is 0 Å². The Bertz CT molecular complexity index is 509. The second kappa shape index (κ2) is 5.25. The maximum Gasteiger partial charge on any atom is 0.166 e. The molecular weight excluding hydrogens is 281 g/mol. The minimum absolute atomic E-state index is 0.205. The fourth-order valence-corrected chi connectivity index (χ4v) is 2.03. The first-order chi connectivity index (χ1) is 8.06. The zero-order valence-corrected chi connectivity index (χ0v) is 11.4. The van der Waals surface area contributed by atoms with Gasteiger partial charge in [-0.3, -0.25) is 5.43 Å². The zero-order chi connectivity index (χ0) is 12.4. The quantitative estimate of drug-likeness (QED) is 0.641. The average Bonchev–Trinajstić information content (AvgIpc) is 2.68. The minimum Gasteiger partial charge on any atom is -0.260 e. The highest BCUT2D eigenvalue weighted by Crippen LogP contribution is 2.29. The van der Waals surface area contributed by atoms with Crippen molar-refractivity contribution >= 4 is 46.3 Å². The molecule has 0 aromatic carbocycles. The van der Waals surface area contributed by atoms with E-state index in [1.54, 1.807) is 0 Å². The fourth-order valence-electron chi connectivity index (χ4n) is 1.49. The SMILES string of the molecule is CC1=CC(=NNc2nc(Cl)c(Cl)cc2Cl)CC1. The van der Waals surface area contributed by atoms with E-state index in [9.17, 15) is 0 Å². The predicted molar refractivity (Wildman–Crippen MR) is 73.3 cm³/mol. The van der Waals surface area contributed by atoms with E-state index >= 15 is 0 Å². The van der Waals surface area contributed by atoms with Gasteiger partial charge in [0.2, 0.25) is 0 Å². The molecule has 6 heteroatoms. The molecule has 0 bridgehead atoms. The molecule has 1 aliphatic carbocycles. The molecule has 1 aliphatic rings. The van der Waals surface area contributed by atoms with Crippen LogP contribution in [-0.4, -0.2) is 10.7 Å². The molecule has 0 aliphatic heterocycles. The summed E-state index contributed by atoms with van der Waals surface area (Å²) in [6.07, 6.45) is 4.01. The molecule has 2 rings (SSSR count). The molecule has 0 radical (unpaired) electrons. The van der Waals surface area contributed by atoms with E-state index in [1.807, 2.05) is 6.08 Å². The molecule has 0 atom stereocenters. The van der Waals surface area contributed by atoms with Gasteiger partial charge < -0.3 is 0 Å². The van der Waals surface area contributed by atoms with Gasteiger partial charge in [0.05, 0.1) is 15.8 Å². The van der Waals surface area contributed by atoms with E-state index in [0.717, 1.165) is 18.6 Å². The Morgan fingerprint density at radius 1 is 1.24 bits per heavy atom. The highest BCUT2D eigenvalue weighted by Gasteiger charge is 2.09. The van der Waals surface area contributed by atoms with Gasteiger partial charge in [0.25, 0.3) is 0 Å². The minimum atomic E-state index is 0.205. The molecule has 3 nitrogen and oxygen atoms in total. The summed E-state index contributed by atoms with van der Waals surface area (Å²) in [7, 11) is 0. The van der Waals surface area contributed by atoms with E-state index in [4.69, 9.17) is 34.8 Å². The summed E-state index contributed by atoms with van der Waals surface area (Å²) < 4.78 is 0. The lowest BCUT2D eigenvalue weighted by molar-refractivity contribution is 1.05. The summed E-state index contributed by atoms with van der Waals surface area (Å²) in [6, 6.07) is 1.54. The second-order valence-corrected chi connectivity index (χ2v) is 4.97. The number of hydrogen-bond acceptors (Lipinski definition) is 3. The Hall–Kier alpha value is -0.770. The number of hydrogen-bond donors (Lipinski definition) is 1. The number of nitrogens with one attached hydrogen (secondary N) is 1. The molecule has 1 aromatic heterocycles. The summed E-state index contributed by atoms with van der Waals surface area (Å²) in [6.45, 7) is 2.08. The smallest absolute Gasteiger partial charge is 0.166 e. The Kier molecular flexibility index (Phi) is 3.92. The zero-order valence-electron chi connectivity index (χ0n) is 9.10. The van der Waals surface area contributed by atoms with E-state index in [2.05, 4.69) is 22.4 Å². The van der Waals surface area contributed by atoms with Crippen molar-refractivity contribution in [3.05, 3.63) is 32.9 Å². The van der Waals surface area contributed by atoms with Crippen LogP contribution in [0.25, 0.3) is 0 Å². The Morgan fingerprint density at radius 2 is 2.00 bits per heavy atom. The Balaban J connectivity index is 2.17. The van der Waals surface area contributed by atoms with Crippen LogP contribution in [0, 0.1) is 0 Å². The van der Waals surface area contributed by atoms with Crippen molar-refractivity contribution in [3.8, 4) is 0 Å². The van der Waals surface area contributed by atoms with Crippen molar-refractivity contribution in [2.75, 3.05) is 5.43 Å². The largest absolute Gasteiger partial charge is 0.260 e. The number of nitrogens with zero attached hydrogens (tertiary/aromatic N) is 2. The van der Waals surface area contributed by atoms with Crippen LogP contribution >= 0.6 is 34.8 Å². The van der Waals surface area contributed by atoms with Gasteiger partial charge in [-0.05, 0) is 31.9 Å². The molecule has 0 amide bonds. The third kappa shape index (κ3) is 3.12. The third-order valence-corrected chi connectivity index (χ3v) is 3.34. The van der Waals surface area contributed by atoms with Gasteiger partial charge in [0, 0.05) is 0 Å². The monoisotopic (exact) mass is 289 g/mol. The molecule has 90 valence electrons. The Labute approximate surface area is 114 Å². The van der Waals surface area contributed by atoms with Crippen molar-refractivity contribution in [1.29, 1.82) is 0 Å². The average molecular weight is 291 g/mol. The number of aromatic nitrogens is 1. The second-order valence-electron chi connectivity index (χ2n) is 3.80. The van der Waals surface area contributed by atoms with E-state index in [-0.39, 0.29) is 5.15 Å². The van der Waals surface area contributed by atoms with Gasteiger partial charge in [-0.15, -0.1) is 0 Å². The van der Waals surface area contributed by atoms with Crippen LogP contribution in [0.15, 0.2) is 22.8 Å². The van der Waals surface area contributed by atoms with Gasteiger partial charge >= 0.3 is 0 Å². The van der Waals surface area contributed by atoms with Crippen molar-refractivity contribution in [3.63, 3.8) is 0 Å². The number of halogens is 3. The summed E-state index contributed by atoms with van der Waals surface area (Å²) in [5.41, 5.74) is 5.10. The van der Waals surface area contributed by atoms with Crippen LogP contribution in [0.5, 0.6) is 0 Å². The van der Waals surface area contributed by atoms with Crippen molar-refractivity contribution in [2.24, 2.45) is 5.10 Å². The van der Waals surface area contributed by atoms with Gasteiger partial charge in [0.15, 0.2) is 5.82 Å². The van der Waals surface area contributed by atoms with E-state index in [1.165, 1.54) is 11.6 Å². The van der Waals surface area contributed by atoms with Gasteiger partial charge in [0.1, 0.15) is 5.15 Å². The Morgan fingerprint density at radius 3 is 2.65 bits per heavy atom. The number of anilines is 1.